The van der Waals surface area contributed by atoms with Crippen LogP contribution >= 0.6 is 0 Å². The highest BCUT2D eigenvalue weighted by Gasteiger charge is 2.39. The van der Waals surface area contributed by atoms with Crippen molar-refractivity contribution in [3.63, 3.8) is 0 Å². The molecular formula is C15H24O. The first kappa shape index (κ1) is 11.9. The first-order valence-electron chi connectivity index (χ1n) is 6.52. The second-order valence-electron chi connectivity index (χ2n) is 5.90. The van der Waals surface area contributed by atoms with Crippen molar-refractivity contribution < 1.29 is 5.11 Å². The number of hydrogen-bond donors (Lipinski definition) is 1. The molecule has 0 aromatic heterocycles. The molecule has 0 bridgehead atoms. The summed E-state index contributed by atoms with van der Waals surface area (Å²) in [7, 11) is 0. The van der Waals surface area contributed by atoms with Gasteiger partial charge in [0.2, 0.25) is 0 Å². The van der Waals surface area contributed by atoms with Crippen LogP contribution in [0.25, 0.3) is 0 Å². The summed E-state index contributed by atoms with van der Waals surface area (Å²) in [5, 5.41) is 10.1. The van der Waals surface area contributed by atoms with E-state index in [0.717, 1.165) is 6.42 Å². The average molecular weight is 220 g/mol. The number of aliphatic hydroxyl groups excluding tert-OH is 1. The molecule has 16 heavy (non-hydrogen) atoms. The molecule has 4 unspecified atom stereocenters. The largest absolute Gasteiger partial charge is 0.393 e. The molecule has 0 radical (unpaired) electrons. The van der Waals surface area contributed by atoms with Crippen molar-refractivity contribution in [2.75, 3.05) is 0 Å². The summed E-state index contributed by atoms with van der Waals surface area (Å²) in [5.41, 5.74) is 4.44. The van der Waals surface area contributed by atoms with E-state index in [9.17, 15) is 5.11 Å². The minimum absolute atomic E-state index is 0.127. The van der Waals surface area contributed by atoms with Crippen molar-refractivity contribution in [1.82, 2.24) is 0 Å². The van der Waals surface area contributed by atoms with Crippen LogP contribution in [0.2, 0.25) is 0 Å². The third-order valence-corrected chi connectivity index (χ3v) is 4.55. The van der Waals surface area contributed by atoms with Gasteiger partial charge in [-0.05, 0) is 51.9 Å². The van der Waals surface area contributed by atoms with Gasteiger partial charge in [-0.2, -0.15) is 0 Å². The molecular weight excluding hydrogens is 196 g/mol. The Hall–Kier alpha value is -0.560. The zero-order valence-electron chi connectivity index (χ0n) is 11.0. The molecule has 0 heterocycles. The van der Waals surface area contributed by atoms with Crippen LogP contribution in [0.1, 0.15) is 47.0 Å². The summed E-state index contributed by atoms with van der Waals surface area (Å²) in [6.07, 6.45) is 5.68. The van der Waals surface area contributed by atoms with Crippen molar-refractivity contribution >= 4 is 0 Å². The SMILES string of the molecule is CC1=CC2C(=C(C)C)CC(O)C(C)C2CC1. The first-order chi connectivity index (χ1) is 7.50. The van der Waals surface area contributed by atoms with Crippen molar-refractivity contribution in [3.05, 3.63) is 22.8 Å². The number of allylic oxidation sites excluding steroid dienone is 3. The topological polar surface area (TPSA) is 20.2 Å². The van der Waals surface area contributed by atoms with Gasteiger partial charge in [-0.1, -0.05) is 29.7 Å². The highest BCUT2D eigenvalue weighted by atomic mass is 16.3. The molecule has 0 aliphatic heterocycles. The summed E-state index contributed by atoms with van der Waals surface area (Å²) in [4.78, 5) is 0. The Kier molecular flexibility index (Phi) is 3.25. The van der Waals surface area contributed by atoms with Gasteiger partial charge in [-0.3, -0.25) is 0 Å². The number of rotatable bonds is 0. The van der Waals surface area contributed by atoms with Crippen LogP contribution in [0.3, 0.4) is 0 Å². The maximum Gasteiger partial charge on any atom is 0.0606 e. The summed E-state index contributed by atoms with van der Waals surface area (Å²) < 4.78 is 0. The zero-order chi connectivity index (χ0) is 11.9. The molecule has 0 saturated heterocycles. The average Bonchev–Trinajstić information content (AvgIpc) is 2.22. The van der Waals surface area contributed by atoms with Crippen molar-refractivity contribution in [1.29, 1.82) is 0 Å². The van der Waals surface area contributed by atoms with Gasteiger partial charge in [0, 0.05) is 5.92 Å². The highest BCUT2D eigenvalue weighted by Crippen LogP contribution is 2.46. The van der Waals surface area contributed by atoms with Gasteiger partial charge in [-0.15, -0.1) is 0 Å². The lowest BCUT2D eigenvalue weighted by atomic mass is 9.63. The predicted octanol–water partition coefficient (Wildman–Crippen LogP) is 3.70. The Morgan fingerprint density at radius 2 is 2.06 bits per heavy atom. The fraction of sp³-hybridized carbons (Fsp3) is 0.733. The summed E-state index contributed by atoms with van der Waals surface area (Å²) in [6, 6.07) is 0. The molecule has 4 atom stereocenters. The van der Waals surface area contributed by atoms with Crippen LogP contribution in [0.15, 0.2) is 22.8 Å². The predicted molar refractivity (Wildman–Crippen MR) is 68.1 cm³/mol. The van der Waals surface area contributed by atoms with E-state index in [1.54, 1.807) is 0 Å². The molecule has 90 valence electrons. The zero-order valence-corrected chi connectivity index (χ0v) is 11.0. The van der Waals surface area contributed by atoms with Crippen LogP contribution in [0.5, 0.6) is 0 Å². The van der Waals surface area contributed by atoms with Gasteiger partial charge in [0.15, 0.2) is 0 Å². The smallest absolute Gasteiger partial charge is 0.0606 e. The third-order valence-electron chi connectivity index (χ3n) is 4.55. The van der Waals surface area contributed by atoms with Crippen LogP contribution < -0.4 is 0 Å². The maximum absolute atomic E-state index is 10.1. The molecule has 1 fully saturated rings. The van der Waals surface area contributed by atoms with E-state index < -0.39 is 0 Å². The van der Waals surface area contributed by atoms with Crippen molar-refractivity contribution in [2.45, 2.75) is 53.1 Å². The molecule has 0 amide bonds. The van der Waals surface area contributed by atoms with Gasteiger partial charge in [0.1, 0.15) is 0 Å². The van der Waals surface area contributed by atoms with Gasteiger partial charge < -0.3 is 5.11 Å². The number of aliphatic hydroxyl groups is 1. The fourth-order valence-corrected chi connectivity index (χ4v) is 3.41. The van der Waals surface area contributed by atoms with E-state index in [2.05, 4.69) is 33.8 Å². The van der Waals surface area contributed by atoms with Crippen LogP contribution in [-0.2, 0) is 0 Å². The Bertz CT molecular complexity index is 333. The van der Waals surface area contributed by atoms with Crippen LogP contribution in [0, 0.1) is 17.8 Å². The quantitative estimate of drug-likeness (QED) is 0.617. The van der Waals surface area contributed by atoms with Gasteiger partial charge in [-0.25, -0.2) is 0 Å². The number of fused-ring (bicyclic) bond motifs is 1. The molecule has 0 spiro atoms. The standard InChI is InChI=1S/C15H24O/c1-9(2)13-8-15(16)11(4)12-6-5-10(3)7-14(12)13/h7,11-12,14-16H,5-6,8H2,1-4H3. The second-order valence-corrected chi connectivity index (χ2v) is 5.90. The Labute approximate surface area is 99.3 Å². The summed E-state index contributed by atoms with van der Waals surface area (Å²) in [5.74, 6) is 1.73. The van der Waals surface area contributed by atoms with Gasteiger partial charge in [0.05, 0.1) is 6.10 Å². The minimum atomic E-state index is -0.127. The Morgan fingerprint density at radius 3 is 2.69 bits per heavy atom. The lowest BCUT2D eigenvalue weighted by molar-refractivity contribution is 0.0422. The van der Waals surface area contributed by atoms with E-state index in [0.29, 0.717) is 17.8 Å². The number of hydrogen-bond acceptors (Lipinski definition) is 1. The highest BCUT2D eigenvalue weighted by molar-refractivity contribution is 5.27. The maximum atomic E-state index is 10.1. The molecule has 1 saturated carbocycles. The second kappa shape index (κ2) is 4.37. The van der Waals surface area contributed by atoms with E-state index in [1.807, 2.05) is 0 Å². The molecule has 1 N–H and O–H groups in total. The summed E-state index contributed by atoms with van der Waals surface area (Å²) in [6.45, 7) is 8.84. The lowest BCUT2D eigenvalue weighted by Crippen LogP contribution is -2.38. The third kappa shape index (κ3) is 1.98. The molecule has 2 aliphatic carbocycles. The van der Waals surface area contributed by atoms with Gasteiger partial charge in [0.25, 0.3) is 0 Å². The van der Waals surface area contributed by atoms with Crippen molar-refractivity contribution in [3.8, 4) is 0 Å². The fourth-order valence-electron chi connectivity index (χ4n) is 3.41. The summed E-state index contributed by atoms with van der Waals surface area (Å²) >= 11 is 0. The molecule has 1 nitrogen and oxygen atoms in total. The van der Waals surface area contributed by atoms with Crippen molar-refractivity contribution in [2.24, 2.45) is 17.8 Å². The van der Waals surface area contributed by atoms with Crippen LogP contribution in [0.4, 0.5) is 0 Å². The van der Waals surface area contributed by atoms with E-state index in [1.165, 1.54) is 29.6 Å². The van der Waals surface area contributed by atoms with E-state index in [4.69, 9.17) is 0 Å². The minimum Gasteiger partial charge on any atom is -0.393 e. The molecule has 0 aromatic carbocycles. The van der Waals surface area contributed by atoms with E-state index in [-0.39, 0.29) is 6.10 Å². The monoisotopic (exact) mass is 220 g/mol. The Morgan fingerprint density at radius 1 is 1.38 bits per heavy atom. The molecule has 2 aliphatic rings. The first-order valence-corrected chi connectivity index (χ1v) is 6.52. The normalized spacial score (nSPS) is 39.1. The lowest BCUT2D eigenvalue weighted by Gasteiger charge is -2.43. The van der Waals surface area contributed by atoms with E-state index >= 15 is 0 Å². The van der Waals surface area contributed by atoms with Gasteiger partial charge >= 0.3 is 0 Å². The molecule has 2 rings (SSSR count). The van der Waals surface area contributed by atoms with Crippen LogP contribution in [-0.4, -0.2) is 11.2 Å². The Balaban J connectivity index is 2.37. The molecule has 1 heteroatoms. The molecule has 0 aromatic rings.